The molecular formula is C26H31FN2O4S2. The summed E-state index contributed by atoms with van der Waals surface area (Å²) in [4.78, 5) is 17.4. The molecule has 9 heteroatoms. The number of rotatable bonds is 13. The van der Waals surface area contributed by atoms with E-state index in [0.717, 1.165) is 15.3 Å². The maximum atomic E-state index is 13.5. The molecule has 0 unspecified atom stereocenters. The zero-order chi connectivity index (χ0) is 25.3. The first-order valence-electron chi connectivity index (χ1n) is 11.5. The molecule has 0 saturated heterocycles. The van der Waals surface area contributed by atoms with Crippen molar-refractivity contribution < 1.29 is 22.3 Å². The van der Waals surface area contributed by atoms with Crippen molar-refractivity contribution in [2.75, 3.05) is 26.3 Å². The van der Waals surface area contributed by atoms with Gasteiger partial charge >= 0.3 is 0 Å². The SMILES string of the molecule is CCOCCCN(CC(=O)N(Cc1ccc(F)cc1)Cc1ccc(C)s1)S(=O)(=O)c1ccccc1. The highest BCUT2D eigenvalue weighted by atomic mass is 32.2. The van der Waals surface area contributed by atoms with Crippen LogP contribution in [-0.4, -0.2) is 49.8 Å². The number of nitrogens with zero attached hydrogens (tertiary/aromatic N) is 2. The normalized spacial score (nSPS) is 11.7. The summed E-state index contributed by atoms with van der Waals surface area (Å²) in [5.74, 6) is -0.675. The maximum Gasteiger partial charge on any atom is 0.243 e. The molecule has 0 radical (unpaired) electrons. The lowest BCUT2D eigenvalue weighted by molar-refractivity contribution is -0.132. The molecule has 1 heterocycles. The standard InChI is InChI=1S/C26H31FN2O4S2/c1-3-33-17-7-16-29(35(31,32)25-8-5-4-6-9-25)20-26(30)28(19-24-15-10-21(2)34-24)18-22-11-13-23(27)14-12-22/h4-6,8-15H,3,7,16-20H2,1-2H3. The highest BCUT2D eigenvalue weighted by Gasteiger charge is 2.28. The quantitative estimate of drug-likeness (QED) is 0.304. The zero-order valence-corrected chi connectivity index (χ0v) is 21.7. The van der Waals surface area contributed by atoms with Gasteiger partial charge in [0.2, 0.25) is 15.9 Å². The first kappa shape index (κ1) is 27.0. The van der Waals surface area contributed by atoms with Gasteiger partial charge in [-0.25, -0.2) is 12.8 Å². The highest BCUT2D eigenvalue weighted by Crippen LogP contribution is 2.21. The summed E-state index contributed by atoms with van der Waals surface area (Å²) in [5, 5.41) is 0. The summed E-state index contributed by atoms with van der Waals surface area (Å²) in [6.07, 6.45) is 0.468. The molecule has 188 valence electrons. The summed E-state index contributed by atoms with van der Waals surface area (Å²) in [7, 11) is -3.88. The number of carbonyl (C=O) groups excluding carboxylic acids is 1. The fraction of sp³-hybridized carbons (Fsp3) is 0.346. The van der Waals surface area contributed by atoms with E-state index >= 15 is 0 Å². The minimum Gasteiger partial charge on any atom is -0.382 e. The van der Waals surface area contributed by atoms with Crippen LogP contribution in [0.2, 0.25) is 0 Å². The fourth-order valence-electron chi connectivity index (χ4n) is 3.56. The Bertz CT molecular complexity index is 1180. The maximum absolute atomic E-state index is 13.5. The van der Waals surface area contributed by atoms with Crippen molar-refractivity contribution in [2.45, 2.75) is 38.3 Å². The molecule has 0 fully saturated rings. The van der Waals surface area contributed by atoms with Gasteiger partial charge in [0, 0.05) is 36.1 Å². The molecule has 0 aliphatic rings. The van der Waals surface area contributed by atoms with Crippen LogP contribution in [0.3, 0.4) is 0 Å². The van der Waals surface area contributed by atoms with E-state index in [-0.39, 0.29) is 36.3 Å². The van der Waals surface area contributed by atoms with Crippen molar-refractivity contribution in [2.24, 2.45) is 0 Å². The lowest BCUT2D eigenvalue weighted by Crippen LogP contribution is -2.43. The van der Waals surface area contributed by atoms with E-state index < -0.39 is 10.0 Å². The van der Waals surface area contributed by atoms with Gasteiger partial charge in [0.15, 0.2) is 0 Å². The highest BCUT2D eigenvalue weighted by molar-refractivity contribution is 7.89. The molecule has 1 aromatic heterocycles. The van der Waals surface area contributed by atoms with E-state index in [1.165, 1.54) is 28.6 Å². The van der Waals surface area contributed by atoms with Crippen LogP contribution in [0.5, 0.6) is 0 Å². The molecule has 3 aromatic rings. The van der Waals surface area contributed by atoms with Gasteiger partial charge in [0.25, 0.3) is 0 Å². The number of ether oxygens (including phenoxy) is 1. The molecule has 0 bridgehead atoms. The lowest BCUT2D eigenvalue weighted by atomic mass is 10.2. The third-order valence-electron chi connectivity index (χ3n) is 5.38. The monoisotopic (exact) mass is 518 g/mol. The minimum atomic E-state index is -3.88. The van der Waals surface area contributed by atoms with Gasteiger partial charge in [-0.2, -0.15) is 4.31 Å². The molecule has 0 saturated carbocycles. The van der Waals surface area contributed by atoms with Gasteiger partial charge in [-0.15, -0.1) is 11.3 Å². The molecule has 0 atom stereocenters. The first-order chi connectivity index (χ1) is 16.8. The molecular weight excluding hydrogens is 487 g/mol. The van der Waals surface area contributed by atoms with Gasteiger partial charge in [0.05, 0.1) is 18.0 Å². The Labute approximate surface area is 211 Å². The van der Waals surface area contributed by atoms with Gasteiger partial charge in [-0.3, -0.25) is 4.79 Å². The number of benzene rings is 2. The van der Waals surface area contributed by atoms with Crippen LogP contribution < -0.4 is 0 Å². The molecule has 0 spiro atoms. The third-order valence-corrected chi connectivity index (χ3v) is 8.22. The molecule has 3 rings (SSSR count). The number of halogens is 1. The molecule has 0 aliphatic carbocycles. The molecule has 2 aromatic carbocycles. The summed E-state index contributed by atoms with van der Waals surface area (Å²) >= 11 is 1.58. The molecule has 0 aliphatic heterocycles. The summed E-state index contributed by atoms with van der Waals surface area (Å²) < 4.78 is 46.8. The van der Waals surface area contributed by atoms with Crippen molar-refractivity contribution in [1.82, 2.24) is 9.21 Å². The predicted molar refractivity (Wildman–Crippen MR) is 136 cm³/mol. The van der Waals surface area contributed by atoms with Crippen LogP contribution in [-0.2, 0) is 32.6 Å². The van der Waals surface area contributed by atoms with Crippen LogP contribution in [0.4, 0.5) is 4.39 Å². The van der Waals surface area contributed by atoms with E-state index in [9.17, 15) is 17.6 Å². The molecule has 6 nitrogen and oxygen atoms in total. The molecule has 1 amide bonds. The van der Waals surface area contributed by atoms with E-state index in [2.05, 4.69) is 0 Å². The van der Waals surface area contributed by atoms with Crippen LogP contribution in [0, 0.1) is 12.7 Å². The molecule has 35 heavy (non-hydrogen) atoms. The van der Waals surface area contributed by atoms with Crippen LogP contribution in [0.25, 0.3) is 0 Å². The van der Waals surface area contributed by atoms with Crippen LogP contribution >= 0.6 is 11.3 Å². The van der Waals surface area contributed by atoms with Crippen molar-refractivity contribution >= 4 is 27.3 Å². The lowest BCUT2D eigenvalue weighted by Gasteiger charge is -2.27. The average Bonchev–Trinajstić information content (AvgIpc) is 3.26. The molecule has 0 N–H and O–H groups in total. The van der Waals surface area contributed by atoms with Crippen molar-refractivity contribution in [1.29, 1.82) is 0 Å². The Morgan fingerprint density at radius 1 is 1.00 bits per heavy atom. The smallest absolute Gasteiger partial charge is 0.243 e. The second-order valence-electron chi connectivity index (χ2n) is 8.09. The Balaban J connectivity index is 1.84. The Hall–Kier alpha value is -2.59. The Morgan fingerprint density at radius 3 is 2.34 bits per heavy atom. The summed E-state index contributed by atoms with van der Waals surface area (Å²) in [6.45, 7) is 5.26. The number of amides is 1. The van der Waals surface area contributed by atoms with Gasteiger partial charge in [0.1, 0.15) is 5.82 Å². The van der Waals surface area contributed by atoms with E-state index in [0.29, 0.717) is 26.2 Å². The van der Waals surface area contributed by atoms with Crippen LogP contribution in [0.1, 0.15) is 28.7 Å². The predicted octanol–water partition coefficient (Wildman–Crippen LogP) is 4.84. The Kier molecular flexibility index (Phi) is 9.97. The minimum absolute atomic E-state index is 0.142. The van der Waals surface area contributed by atoms with Crippen molar-refractivity contribution in [3.63, 3.8) is 0 Å². The average molecular weight is 519 g/mol. The second-order valence-corrected chi connectivity index (χ2v) is 11.4. The Morgan fingerprint density at radius 2 is 1.71 bits per heavy atom. The van der Waals surface area contributed by atoms with Gasteiger partial charge in [-0.05, 0) is 62.2 Å². The van der Waals surface area contributed by atoms with E-state index in [1.807, 2.05) is 26.0 Å². The van der Waals surface area contributed by atoms with E-state index in [1.54, 1.807) is 46.6 Å². The summed E-state index contributed by atoms with van der Waals surface area (Å²) in [5.41, 5.74) is 0.766. The topological polar surface area (TPSA) is 66.9 Å². The number of hydrogen-bond acceptors (Lipinski definition) is 5. The number of aryl methyl sites for hydroxylation is 1. The second kappa shape index (κ2) is 12.9. The van der Waals surface area contributed by atoms with Gasteiger partial charge in [-0.1, -0.05) is 30.3 Å². The van der Waals surface area contributed by atoms with Crippen molar-refractivity contribution in [3.8, 4) is 0 Å². The summed E-state index contributed by atoms with van der Waals surface area (Å²) in [6, 6.07) is 18.1. The van der Waals surface area contributed by atoms with Crippen LogP contribution in [0.15, 0.2) is 71.6 Å². The number of hydrogen-bond donors (Lipinski definition) is 0. The zero-order valence-electron chi connectivity index (χ0n) is 20.0. The number of sulfonamides is 1. The van der Waals surface area contributed by atoms with Crippen molar-refractivity contribution in [3.05, 3.63) is 87.9 Å². The largest absolute Gasteiger partial charge is 0.382 e. The fourth-order valence-corrected chi connectivity index (χ4v) is 5.92. The van der Waals surface area contributed by atoms with E-state index in [4.69, 9.17) is 4.74 Å². The number of thiophene rings is 1. The first-order valence-corrected chi connectivity index (χ1v) is 13.8. The number of carbonyl (C=O) groups is 1. The third kappa shape index (κ3) is 7.96. The van der Waals surface area contributed by atoms with Gasteiger partial charge < -0.3 is 9.64 Å².